The Hall–Kier alpha value is -0.980. The third kappa shape index (κ3) is 3.62. The van der Waals surface area contributed by atoms with Gasteiger partial charge in [0.05, 0.1) is 15.1 Å². The molecule has 1 aliphatic rings. The molecule has 0 radical (unpaired) electrons. The zero-order valence-electron chi connectivity index (χ0n) is 11.7. The van der Waals surface area contributed by atoms with Crippen LogP contribution in [-0.4, -0.2) is 33.4 Å². The van der Waals surface area contributed by atoms with Crippen LogP contribution < -0.4 is 5.32 Å². The van der Waals surface area contributed by atoms with Gasteiger partial charge in [-0.3, -0.25) is 4.79 Å². The first-order valence-corrected chi connectivity index (χ1v) is 9.79. The monoisotopic (exact) mass is 336 g/mol. The number of anilines is 1. The molecule has 0 unspecified atom stereocenters. The molecule has 1 N–H and O–H groups in total. The summed E-state index contributed by atoms with van der Waals surface area (Å²) in [6, 6.07) is 10.1. The summed E-state index contributed by atoms with van der Waals surface area (Å²) in [4.78, 5) is 17.9. The van der Waals surface area contributed by atoms with Crippen LogP contribution in [0.1, 0.15) is 5.01 Å². The van der Waals surface area contributed by atoms with Gasteiger partial charge in [0.1, 0.15) is 0 Å². The van der Waals surface area contributed by atoms with Gasteiger partial charge < -0.3 is 5.32 Å². The van der Waals surface area contributed by atoms with Gasteiger partial charge in [0, 0.05) is 17.3 Å². The minimum Gasteiger partial charge on any atom is -0.308 e. The Morgan fingerprint density at radius 1 is 1.29 bits per heavy atom. The Morgan fingerprint density at radius 2 is 2.10 bits per heavy atom. The number of benzene rings is 1. The van der Waals surface area contributed by atoms with Crippen LogP contribution in [0.3, 0.4) is 0 Å². The van der Waals surface area contributed by atoms with E-state index in [0.29, 0.717) is 5.82 Å². The number of carbonyl (C=O) groups excluding carboxylic acids is 1. The van der Waals surface area contributed by atoms with Crippen molar-refractivity contribution in [3.8, 4) is 10.4 Å². The van der Waals surface area contributed by atoms with E-state index in [1.165, 1.54) is 0 Å². The lowest BCUT2D eigenvalue weighted by atomic mass is 10.2. The topological polar surface area (TPSA) is 42.0 Å². The van der Waals surface area contributed by atoms with Crippen molar-refractivity contribution in [2.24, 2.45) is 0 Å². The number of aromatic nitrogens is 1. The number of thioether (sulfide) groups is 2. The molecule has 0 saturated carbocycles. The van der Waals surface area contributed by atoms with Gasteiger partial charge >= 0.3 is 0 Å². The van der Waals surface area contributed by atoms with E-state index in [4.69, 9.17) is 0 Å². The van der Waals surface area contributed by atoms with E-state index >= 15 is 0 Å². The molecule has 3 nitrogen and oxygen atoms in total. The van der Waals surface area contributed by atoms with Gasteiger partial charge in [-0.1, -0.05) is 30.3 Å². The fourth-order valence-electron chi connectivity index (χ4n) is 2.13. The fourth-order valence-corrected chi connectivity index (χ4v) is 5.57. The summed E-state index contributed by atoms with van der Waals surface area (Å²) < 4.78 is 0. The number of rotatable bonds is 3. The summed E-state index contributed by atoms with van der Waals surface area (Å²) in [7, 11) is 0. The average molecular weight is 337 g/mol. The van der Waals surface area contributed by atoms with Crippen LogP contribution in [0.4, 0.5) is 5.82 Å². The summed E-state index contributed by atoms with van der Waals surface area (Å²) in [5.74, 6) is 3.85. The zero-order valence-corrected chi connectivity index (χ0v) is 14.1. The first-order chi connectivity index (χ1) is 10.2. The maximum Gasteiger partial charge on any atom is 0.239 e. The number of aryl methyl sites for hydroxylation is 1. The van der Waals surface area contributed by atoms with Crippen molar-refractivity contribution < 1.29 is 4.79 Å². The maximum absolute atomic E-state index is 12.4. The first kappa shape index (κ1) is 14.9. The minimum atomic E-state index is 0.0365. The molecule has 110 valence electrons. The maximum atomic E-state index is 12.4. The van der Waals surface area contributed by atoms with Gasteiger partial charge in [0.25, 0.3) is 0 Å². The van der Waals surface area contributed by atoms with E-state index in [9.17, 15) is 4.79 Å². The van der Waals surface area contributed by atoms with Crippen LogP contribution in [0.25, 0.3) is 10.4 Å². The molecule has 21 heavy (non-hydrogen) atoms. The van der Waals surface area contributed by atoms with E-state index in [-0.39, 0.29) is 11.2 Å². The van der Waals surface area contributed by atoms with Crippen LogP contribution in [0.5, 0.6) is 0 Å². The summed E-state index contributed by atoms with van der Waals surface area (Å²) >= 11 is 5.21. The molecule has 1 atom stereocenters. The van der Waals surface area contributed by atoms with Crippen molar-refractivity contribution in [1.29, 1.82) is 0 Å². The molecule has 1 aromatic carbocycles. The van der Waals surface area contributed by atoms with Gasteiger partial charge in [-0.15, -0.1) is 23.1 Å². The van der Waals surface area contributed by atoms with E-state index in [1.807, 2.05) is 49.0 Å². The molecule has 0 spiro atoms. The molecule has 0 aliphatic carbocycles. The third-order valence-electron chi connectivity index (χ3n) is 3.12. The van der Waals surface area contributed by atoms with Crippen molar-refractivity contribution in [3.05, 3.63) is 35.3 Å². The Kier molecular flexibility index (Phi) is 4.87. The lowest BCUT2D eigenvalue weighted by Gasteiger charge is -2.19. The summed E-state index contributed by atoms with van der Waals surface area (Å²) in [5, 5.41) is 4.03. The predicted molar refractivity (Wildman–Crippen MR) is 94.5 cm³/mol. The second-order valence-corrected chi connectivity index (χ2v) is 8.36. The SMILES string of the molecule is Cc1nc(NC(=O)[C@H]2CSCCS2)c(-c2ccccc2)s1. The Bertz CT molecular complexity index is 621. The zero-order chi connectivity index (χ0) is 14.7. The molecule has 0 bridgehead atoms. The second-order valence-electron chi connectivity index (χ2n) is 4.70. The largest absolute Gasteiger partial charge is 0.308 e. The van der Waals surface area contributed by atoms with Gasteiger partial charge in [0.2, 0.25) is 5.91 Å². The number of hydrogen-bond donors (Lipinski definition) is 1. The number of nitrogens with one attached hydrogen (secondary N) is 1. The molecular weight excluding hydrogens is 320 g/mol. The van der Waals surface area contributed by atoms with Crippen molar-refractivity contribution in [3.63, 3.8) is 0 Å². The molecule has 2 heterocycles. The second kappa shape index (κ2) is 6.85. The van der Waals surface area contributed by atoms with Gasteiger partial charge in [-0.25, -0.2) is 4.98 Å². The highest BCUT2D eigenvalue weighted by molar-refractivity contribution is 8.07. The van der Waals surface area contributed by atoms with E-state index in [2.05, 4.69) is 10.3 Å². The van der Waals surface area contributed by atoms with E-state index in [0.717, 1.165) is 32.7 Å². The van der Waals surface area contributed by atoms with Crippen molar-refractivity contribution in [2.45, 2.75) is 12.2 Å². The first-order valence-electron chi connectivity index (χ1n) is 6.77. The van der Waals surface area contributed by atoms with Crippen LogP contribution in [0.15, 0.2) is 30.3 Å². The minimum absolute atomic E-state index is 0.0365. The Labute approximate surface area is 136 Å². The lowest BCUT2D eigenvalue weighted by molar-refractivity contribution is -0.115. The number of hydrogen-bond acceptors (Lipinski definition) is 5. The van der Waals surface area contributed by atoms with Crippen LogP contribution >= 0.6 is 34.9 Å². The molecule has 1 saturated heterocycles. The molecule has 2 aromatic rings. The van der Waals surface area contributed by atoms with Crippen LogP contribution in [-0.2, 0) is 4.79 Å². The normalized spacial score (nSPS) is 18.4. The number of thiazole rings is 1. The molecule has 3 rings (SSSR count). The fraction of sp³-hybridized carbons (Fsp3) is 0.333. The highest BCUT2D eigenvalue weighted by Crippen LogP contribution is 2.34. The lowest BCUT2D eigenvalue weighted by Crippen LogP contribution is -2.30. The summed E-state index contributed by atoms with van der Waals surface area (Å²) in [6.45, 7) is 1.97. The summed E-state index contributed by atoms with van der Waals surface area (Å²) in [6.07, 6.45) is 0. The van der Waals surface area contributed by atoms with E-state index < -0.39 is 0 Å². The molecule has 1 fully saturated rings. The number of nitrogens with zero attached hydrogens (tertiary/aromatic N) is 1. The summed E-state index contributed by atoms with van der Waals surface area (Å²) in [5.41, 5.74) is 1.10. The van der Waals surface area contributed by atoms with Crippen LogP contribution in [0.2, 0.25) is 0 Å². The Morgan fingerprint density at radius 3 is 2.81 bits per heavy atom. The molecular formula is C15H16N2OS3. The third-order valence-corrected chi connectivity index (χ3v) is 6.89. The molecule has 6 heteroatoms. The number of amides is 1. The van der Waals surface area contributed by atoms with Crippen molar-refractivity contribution >= 4 is 46.6 Å². The Balaban J connectivity index is 1.81. The predicted octanol–water partition coefficient (Wildman–Crippen LogP) is 3.91. The molecule has 1 aliphatic heterocycles. The van der Waals surface area contributed by atoms with Gasteiger partial charge in [0.15, 0.2) is 5.82 Å². The van der Waals surface area contributed by atoms with Crippen molar-refractivity contribution in [2.75, 3.05) is 22.6 Å². The highest BCUT2D eigenvalue weighted by Gasteiger charge is 2.24. The average Bonchev–Trinajstić information content (AvgIpc) is 2.89. The molecule has 1 amide bonds. The van der Waals surface area contributed by atoms with Gasteiger partial charge in [-0.05, 0) is 12.5 Å². The van der Waals surface area contributed by atoms with Gasteiger partial charge in [-0.2, -0.15) is 11.8 Å². The quantitative estimate of drug-likeness (QED) is 0.923. The number of carbonyl (C=O) groups is 1. The van der Waals surface area contributed by atoms with Crippen LogP contribution in [0, 0.1) is 6.92 Å². The standard InChI is InChI=1S/C15H16N2OS3/c1-10-16-14(13(21-10)11-5-3-2-4-6-11)17-15(18)12-9-19-7-8-20-12/h2-6,12H,7-9H2,1H3,(H,17,18)/t12-/m1/s1. The molecule has 1 aromatic heterocycles. The van der Waals surface area contributed by atoms with E-state index in [1.54, 1.807) is 23.1 Å². The smallest absolute Gasteiger partial charge is 0.239 e. The van der Waals surface area contributed by atoms with Crippen molar-refractivity contribution in [1.82, 2.24) is 4.98 Å². The highest BCUT2D eigenvalue weighted by atomic mass is 32.2.